The molecule has 138 valence electrons. The molecule has 0 aromatic heterocycles. The molecule has 0 amide bonds. The van der Waals surface area contributed by atoms with Crippen molar-refractivity contribution in [3.8, 4) is 11.5 Å². The van der Waals surface area contributed by atoms with Gasteiger partial charge in [-0.2, -0.15) is 0 Å². The van der Waals surface area contributed by atoms with Crippen LogP contribution in [-0.4, -0.2) is 54.5 Å². The molecule has 0 saturated carbocycles. The fraction of sp³-hybridized carbons (Fsp3) is 0.500. The zero-order valence-electron chi connectivity index (χ0n) is 14.3. The van der Waals surface area contributed by atoms with Gasteiger partial charge in [-0.1, -0.05) is 0 Å². The van der Waals surface area contributed by atoms with E-state index in [9.17, 15) is 8.42 Å². The lowest BCUT2D eigenvalue weighted by Gasteiger charge is -2.14. The predicted octanol–water partition coefficient (Wildman–Crippen LogP) is 1.25. The number of halogens is 1. The summed E-state index contributed by atoms with van der Waals surface area (Å²) in [4.78, 5) is 4.08. The van der Waals surface area contributed by atoms with Crippen molar-refractivity contribution in [2.24, 2.45) is 4.99 Å². The molecule has 0 fully saturated rings. The molecule has 0 aliphatic heterocycles. The Morgan fingerprint density at radius 1 is 1.17 bits per heavy atom. The number of anilines is 1. The molecule has 0 atom stereocenters. The normalized spacial score (nSPS) is 11.4. The summed E-state index contributed by atoms with van der Waals surface area (Å²) in [7, 11) is 1.59. The van der Waals surface area contributed by atoms with Crippen molar-refractivity contribution < 1.29 is 17.9 Å². The molecule has 0 spiro atoms. The highest BCUT2D eigenvalue weighted by Crippen LogP contribution is 2.29. The van der Waals surface area contributed by atoms with Gasteiger partial charge in [-0.05, 0) is 19.1 Å². The predicted molar refractivity (Wildman–Crippen MR) is 107 cm³/mol. The van der Waals surface area contributed by atoms with Crippen LogP contribution >= 0.6 is 24.0 Å². The first-order valence-electron chi connectivity index (χ1n) is 7.12. The Balaban J connectivity index is 0.00000529. The average Bonchev–Trinajstić information content (AvgIpc) is 2.57. The fourth-order valence-electron chi connectivity index (χ4n) is 1.72. The van der Waals surface area contributed by atoms with E-state index in [0.717, 1.165) is 5.69 Å². The van der Waals surface area contributed by atoms with Crippen molar-refractivity contribution in [3.05, 3.63) is 18.2 Å². The number of rotatable bonds is 8. The van der Waals surface area contributed by atoms with E-state index < -0.39 is 10.0 Å². The minimum Gasteiger partial charge on any atom is -0.493 e. The maximum atomic E-state index is 11.3. The Kier molecular flexibility index (Phi) is 10.7. The molecule has 24 heavy (non-hydrogen) atoms. The van der Waals surface area contributed by atoms with E-state index in [-0.39, 0.29) is 36.3 Å². The van der Waals surface area contributed by atoms with Gasteiger partial charge >= 0.3 is 0 Å². The highest BCUT2D eigenvalue weighted by atomic mass is 127. The van der Waals surface area contributed by atoms with E-state index in [2.05, 4.69) is 20.3 Å². The Hall–Kier alpha value is -1.27. The van der Waals surface area contributed by atoms with Crippen LogP contribution in [0.4, 0.5) is 5.69 Å². The molecule has 1 rings (SSSR count). The zero-order chi connectivity index (χ0) is 17.3. The number of aliphatic imine (C=N–C) groups is 1. The lowest BCUT2D eigenvalue weighted by atomic mass is 10.3. The average molecular weight is 472 g/mol. The van der Waals surface area contributed by atoms with E-state index >= 15 is 0 Å². The summed E-state index contributed by atoms with van der Waals surface area (Å²) in [6.45, 7) is 2.28. The van der Waals surface area contributed by atoms with Gasteiger partial charge < -0.3 is 20.1 Å². The summed E-state index contributed by atoms with van der Waals surface area (Å²) < 4.78 is 35.5. The lowest BCUT2D eigenvalue weighted by molar-refractivity contribution is 0.355. The van der Waals surface area contributed by atoms with Crippen LogP contribution in [0.25, 0.3) is 0 Å². The van der Waals surface area contributed by atoms with Gasteiger partial charge in [0, 0.05) is 31.9 Å². The molecule has 0 aliphatic rings. The minimum atomic E-state index is -3.18. The third kappa shape index (κ3) is 7.53. The van der Waals surface area contributed by atoms with Gasteiger partial charge in [0.1, 0.15) is 0 Å². The summed E-state index contributed by atoms with van der Waals surface area (Å²) in [6, 6.07) is 5.39. The van der Waals surface area contributed by atoms with Crippen molar-refractivity contribution in [1.29, 1.82) is 0 Å². The van der Waals surface area contributed by atoms with Crippen molar-refractivity contribution >= 4 is 45.6 Å². The molecule has 1 aromatic carbocycles. The van der Waals surface area contributed by atoms with Crippen LogP contribution in [0.1, 0.15) is 6.92 Å². The number of nitrogens with zero attached hydrogens (tertiary/aromatic N) is 1. The number of hydrogen-bond donors (Lipinski definition) is 3. The van der Waals surface area contributed by atoms with Crippen molar-refractivity contribution in [3.63, 3.8) is 0 Å². The molecule has 1 aromatic rings. The van der Waals surface area contributed by atoms with Gasteiger partial charge in [-0.25, -0.2) is 13.1 Å². The fourth-order valence-corrected chi connectivity index (χ4v) is 2.34. The monoisotopic (exact) mass is 472 g/mol. The molecule has 0 saturated heterocycles. The number of sulfonamides is 1. The van der Waals surface area contributed by atoms with Crippen molar-refractivity contribution in [2.75, 3.05) is 45.4 Å². The zero-order valence-corrected chi connectivity index (χ0v) is 17.4. The SMILES string of the molecule is CCS(=O)(=O)NCCNC(=NC)Nc1ccc(OC)c(OC)c1.I. The second-order valence-electron chi connectivity index (χ2n) is 4.49. The van der Waals surface area contributed by atoms with Gasteiger partial charge in [0.15, 0.2) is 17.5 Å². The standard InChI is InChI=1S/C14H24N4O4S.HI/c1-5-23(19,20)17-9-8-16-14(15-2)18-11-6-7-12(21-3)13(10-11)22-4;/h6-7,10,17H,5,8-9H2,1-4H3,(H2,15,16,18);1H. The van der Waals surface area contributed by atoms with E-state index in [4.69, 9.17) is 9.47 Å². The molecule has 0 radical (unpaired) electrons. The van der Waals surface area contributed by atoms with Gasteiger partial charge in [0.25, 0.3) is 0 Å². The molecular formula is C14H25IN4O4S. The first-order chi connectivity index (χ1) is 11.0. The quantitative estimate of drug-likeness (QED) is 0.228. The van der Waals surface area contributed by atoms with Gasteiger partial charge in [0.2, 0.25) is 10.0 Å². The Labute approximate surface area is 160 Å². The third-order valence-corrected chi connectivity index (χ3v) is 4.39. The second kappa shape index (κ2) is 11.3. The smallest absolute Gasteiger partial charge is 0.211 e. The molecule has 10 heteroatoms. The summed E-state index contributed by atoms with van der Waals surface area (Å²) in [5.74, 6) is 1.82. The van der Waals surface area contributed by atoms with Gasteiger partial charge in [0.05, 0.1) is 20.0 Å². The van der Waals surface area contributed by atoms with E-state index in [1.54, 1.807) is 40.3 Å². The molecule has 0 heterocycles. The number of benzene rings is 1. The summed E-state index contributed by atoms with van der Waals surface area (Å²) in [6.07, 6.45) is 0. The van der Waals surface area contributed by atoms with Crippen LogP contribution in [0.15, 0.2) is 23.2 Å². The first-order valence-corrected chi connectivity index (χ1v) is 8.78. The van der Waals surface area contributed by atoms with Crippen LogP contribution in [-0.2, 0) is 10.0 Å². The maximum absolute atomic E-state index is 11.3. The Bertz CT molecular complexity index is 638. The van der Waals surface area contributed by atoms with Crippen LogP contribution in [0.5, 0.6) is 11.5 Å². The highest BCUT2D eigenvalue weighted by Gasteiger charge is 2.07. The first kappa shape index (κ1) is 22.7. The summed E-state index contributed by atoms with van der Waals surface area (Å²) in [5.41, 5.74) is 0.768. The molecule has 0 aliphatic carbocycles. The van der Waals surface area contributed by atoms with E-state index in [1.807, 2.05) is 6.07 Å². The molecule has 8 nitrogen and oxygen atoms in total. The van der Waals surface area contributed by atoms with Gasteiger partial charge in [-0.3, -0.25) is 4.99 Å². The summed E-state index contributed by atoms with van der Waals surface area (Å²) >= 11 is 0. The molecular weight excluding hydrogens is 447 g/mol. The number of methoxy groups -OCH3 is 2. The Morgan fingerprint density at radius 3 is 2.38 bits per heavy atom. The van der Waals surface area contributed by atoms with Crippen molar-refractivity contribution in [2.45, 2.75) is 6.92 Å². The van der Waals surface area contributed by atoms with E-state index in [1.165, 1.54) is 0 Å². The van der Waals surface area contributed by atoms with Crippen LogP contribution in [0.2, 0.25) is 0 Å². The minimum absolute atomic E-state index is 0. The van der Waals surface area contributed by atoms with Crippen LogP contribution < -0.4 is 24.8 Å². The molecule has 0 unspecified atom stereocenters. The van der Waals surface area contributed by atoms with Crippen molar-refractivity contribution in [1.82, 2.24) is 10.0 Å². The lowest BCUT2D eigenvalue weighted by Crippen LogP contribution is -2.38. The summed E-state index contributed by atoms with van der Waals surface area (Å²) in [5, 5.41) is 6.11. The van der Waals surface area contributed by atoms with Crippen LogP contribution in [0, 0.1) is 0 Å². The second-order valence-corrected chi connectivity index (χ2v) is 6.59. The number of nitrogens with one attached hydrogen (secondary N) is 3. The number of ether oxygens (including phenoxy) is 2. The van der Waals surface area contributed by atoms with Gasteiger partial charge in [-0.15, -0.1) is 24.0 Å². The molecule has 3 N–H and O–H groups in total. The highest BCUT2D eigenvalue weighted by molar-refractivity contribution is 14.0. The topological polar surface area (TPSA) is 101 Å². The number of guanidine groups is 1. The van der Waals surface area contributed by atoms with Crippen LogP contribution in [0.3, 0.4) is 0 Å². The maximum Gasteiger partial charge on any atom is 0.211 e. The Morgan fingerprint density at radius 2 is 1.83 bits per heavy atom. The molecule has 0 bridgehead atoms. The third-order valence-electron chi connectivity index (χ3n) is 2.99. The van der Waals surface area contributed by atoms with E-state index in [0.29, 0.717) is 24.0 Å². The number of hydrogen-bond acceptors (Lipinski definition) is 5. The largest absolute Gasteiger partial charge is 0.493 e.